The number of nitrogens with zero attached hydrogens (tertiary/aromatic N) is 4. The Morgan fingerprint density at radius 2 is 2.29 bits per heavy atom. The van der Waals surface area contributed by atoms with Crippen molar-refractivity contribution in [1.29, 1.82) is 0 Å². The quantitative estimate of drug-likeness (QED) is 0.748. The molecule has 92 valence electrons. The Balaban J connectivity index is 1.84. The lowest BCUT2D eigenvalue weighted by Crippen LogP contribution is -2.37. The molecule has 1 saturated heterocycles. The first-order valence-electron chi connectivity index (χ1n) is 6.16. The minimum atomic E-state index is 0.111. The summed E-state index contributed by atoms with van der Waals surface area (Å²) in [6.07, 6.45) is 2.33. The smallest absolute Gasteiger partial charge is 0.219 e. The Hall–Kier alpha value is -1.43. The molecular weight excluding hydrogens is 218 g/mol. The Labute approximate surface area is 100 Å². The molecule has 0 aromatic carbocycles. The summed E-state index contributed by atoms with van der Waals surface area (Å²) in [6.45, 7) is 4.84. The summed E-state index contributed by atoms with van der Waals surface area (Å²) < 4.78 is 2.17. The van der Waals surface area contributed by atoms with E-state index in [-0.39, 0.29) is 5.91 Å². The molecule has 17 heavy (non-hydrogen) atoms. The van der Waals surface area contributed by atoms with E-state index < -0.39 is 0 Å². The molecule has 1 fully saturated rings. The van der Waals surface area contributed by atoms with Crippen molar-refractivity contribution in [2.45, 2.75) is 38.9 Å². The third kappa shape index (κ3) is 1.82. The molecule has 0 bridgehead atoms. The molecule has 1 aromatic rings. The number of hydrogen-bond donors (Lipinski definition) is 1. The largest absolute Gasteiger partial charge is 0.334 e. The normalized spacial score (nSPS) is 23.8. The van der Waals surface area contributed by atoms with Gasteiger partial charge in [-0.1, -0.05) is 0 Å². The fourth-order valence-electron chi connectivity index (χ4n) is 2.61. The maximum Gasteiger partial charge on any atom is 0.219 e. The van der Waals surface area contributed by atoms with Crippen molar-refractivity contribution in [3.63, 3.8) is 0 Å². The van der Waals surface area contributed by atoms with E-state index in [1.807, 2.05) is 4.90 Å². The SMILES string of the molecule is CC(=O)N1CCn2c(nnc2[C@@H]2CCCN2)C1. The van der Waals surface area contributed by atoms with Crippen LogP contribution in [0.5, 0.6) is 0 Å². The monoisotopic (exact) mass is 235 g/mol. The van der Waals surface area contributed by atoms with Crippen molar-refractivity contribution in [3.05, 3.63) is 11.6 Å². The first-order valence-corrected chi connectivity index (χ1v) is 6.16. The van der Waals surface area contributed by atoms with Gasteiger partial charge >= 0.3 is 0 Å². The van der Waals surface area contributed by atoms with Gasteiger partial charge in [0.1, 0.15) is 5.82 Å². The van der Waals surface area contributed by atoms with Crippen LogP contribution in [0, 0.1) is 0 Å². The minimum Gasteiger partial charge on any atom is -0.334 e. The highest BCUT2D eigenvalue weighted by molar-refractivity contribution is 5.73. The molecular formula is C11H17N5O. The molecule has 6 heteroatoms. The van der Waals surface area contributed by atoms with Crippen molar-refractivity contribution in [3.8, 4) is 0 Å². The molecule has 0 saturated carbocycles. The molecule has 1 N–H and O–H groups in total. The Morgan fingerprint density at radius 3 is 3.00 bits per heavy atom. The van der Waals surface area contributed by atoms with Crippen LogP contribution in [0.3, 0.4) is 0 Å². The van der Waals surface area contributed by atoms with E-state index in [0.29, 0.717) is 12.6 Å². The summed E-state index contributed by atoms with van der Waals surface area (Å²) in [5.74, 6) is 2.07. The summed E-state index contributed by atoms with van der Waals surface area (Å²) in [7, 11) is 0. The fraction of sp³-hybridized carbons (Fsp3) is 0.727. The van der Waals surface area contributed by atoms with E-state index in [2.05, 4.69) is 20.1 Å². The fourth-order valence-corrected chi connectivity index (χ4v) is 2.61. The summed E-state index contributed by atoms with van der Waals surface area (Å²) in [6, 6.07) is 0.347. The van der Waals surface area contributed by atoms with Gasteiger partial charge in [0.05, 0.1) is 12.6 Å². The Kier molecular flexibility index (Phi) is 2.58. The second kappa shape index (κ2) is 4.10. The number of carbonyl (C=O) groups is 1. The average molecular weight is 235 g/mol. The molecule has 0 radical (unpaired) electrons. The van der Waals surface area contributed by atoms with Crippen molar-refractivity contribution >= 4 is 5.91 Å². The number of rotatable bonds is 1. The molecule has 2 aliphatic rings. The molecule has 3 rings (SSSR count). The Morgan fingerprint density at radius 1 is 1.41 bits per heavy atom. The third-order valence-corrected chi connectivity index (χ3v) is 3.60. The highest BCUT2D eigenvalue weighted by Gasteiger charge is 2.27. The topological polar surface area (TPSA) is 63.1 Å². The minimum absolute atomic E-state index is 0.111. The zero-order chi connectivity index (χ0) is 11.8. The van der Waals surface area contributed by atoms with Crippen LogP contribution in [0.25, 0.3) is 0 Å². The van der Waals surface area contributed by atoms with E-state index >= 15 is 0 Å². The number of amides is 1. The van der Waals surface area contributed by atoms with Crippen LogP contribution < -0.4 is 5.32 Å². The number of aromatic nitrogens is 3. The lowest BCUT2D eigenvalue weighted by atomic mass is 10.2. The number of carbonyl (C=O) groups excluding carboxylic acids is 1. The Bertz CT molecular complexity index is 435. The van der Waals surface area contributed by atoms with E-state index in [4.69, 9.17) is 0 Å². The van der Waals surface area contributed by atoms with Gasteiger partial charge in [-0.05, 0) is 19.4 Å². The highest BCUT2D eigenvalue weighted by atomic mass is 16.2. The van der Waals surface area contributed by atoms with Gasteiger partial charge in [0.25, 0.3) is 0 Å². The molecule has 1 aromatic heterocycles. The van der Waals surface area contributed by atoms with Gasteiger partial charge in [0.15, 0.2) is 5.82 Å². The van der Waals surface area contributed by atoms with Gasteiger partial charge in [0.2, 0.25) is 5.91 Å². The standard InChI is InChI=1S/C11H17N5O/c1-8(17)15-5-6-16-10(7-15)13-14-11(16)9-3-2-4-12-9/h9,12H,2-7H2,1H3/t9-/m0/s1. The molecule has 6 nitrogen and oxygen atoms in total. The summed E-state index contributed by atoms with van der Waals surface area (Å²) in [5, 5.41) is 11.9. The van der Waals surface area contributed by atoms with E-state index in [1.165, 1.54) is 6.42 Å². The molecule has 0 spiro atoms. The van der Waals surface area contributed by atoms with Gasteiger partial charge in [-0.3, -0.25) is 4.79 Å². The second-order valence-electron chi connectivity index (χ2n) is 4.72. The van der Waals surface area contributed by atoms with E-state index in [0.717, 1.165) is 37.7 Å². The zero-order valence-electron chi connectivity index (χ0n) is 10.0. The molecule has 0 aliphatic carbocycles. The molecule has 1 atom stereocenters. The van der Waals surface area contributed by atoms with Crippen LogP contribution in [0.2, 0.25) is 0 Å². The van der Waals surface area contributed by atoms with E-state index in [1.54, 1.807) is 6.92 Å². The zero-order valence-corrected chi connectivity index (χ0v) is 10.0. The van der Waals surface area contributed by atoms with Gasteiger partial charge in [-0.25, -0.2) is 0 Å². The first kappa shape index (κ1) is 10.7. The maximum atomic E-state index is 11.3. The maximum absolute atomic E-state index is 11.3. The predicted octanol–water partition coefficient (Wildman–Crippen LogP) is 0.0647. The predicted molar refractivity (Wildman–Crippen MR) is 61.1 cm³/mol. The molecule has 3 heterocycles. The summed E-state index contributed by atoms with van der Waals surface area (Å²) in [5.41, 5.74) is 0. The van der Waals surface area contributed by atoms with Crippen LogP contribution >= 0.6 is 0 Å². The van der Waals surface area contributed by atoms with Crippen LogP contribution in [0.1, 0.15) is 37.5 Å². The molecule has 1 amide bonds. The van der Waals surface area contributed by atoms with Crippen LogP contribution in [0.15, 0.2) is 0 Å². The lowest BCUT2D eigenvalue weighted by molar-refractivity contribution is -0.130. The molecule has 2 aliphatic heterocycles. The lowest BCUT2D eigenvalue weighted by Gasteiger charge is -2.27. The second-order valence-corrected chi connectivity index (χ2v) is 4.72. The van der Waals surface area contributed by atoms with Crippen molar-refractivity contribution in [1.82, 2.24) is 25.0 Å². The number of fused-ring (bicyclic) bond motifs is 1. The van der Waals surface area contributed by atoms with Crippen LogP contribution in [-0.2, 0) is 17.9 Å². The van der Waals surface area contributed by atoms with Crippen molar-refractivity contribution in [2.24, 2.45) is 0 Å². The van der Waals surface area contributed by atoms with Crippen molar-refractivity contribution < 1.29 is 4.79 Å². The molecule has 0 unspecified atom stereocenters. The number of nitrogens with one attached hydrogen (secondary N) is 1. The summed E-state index contributed by atoms with van der Waals surface area (Å²) in [4.78, 5) is 13.1. The number of hydrogen-bond acceptors (Lipinski definition) is 4. The van der Waals surface area contributed by atoms with E-state index in [9.17, 15) is 4.79 Å². The highest BCUT2D eigenvalue weighted by Crippen LogP contribution is 2.23. The van der Waals surface area contributed by atoms with Crippen LogP contribution in [0.4, 0.5) is 0 Å². The first-order chi connectivity index (χ1) is 8.25. The third-order valence-electron chi connectivity index (χ3n) is 3.60. The summed E-state index contributed by atoms with van der Waals surface area (Å²) >= 11 is 0. The van der Waals surface area contributed by atoms with Crippen LogP contribution in [-0.4, -0.2) is 38.7 Å². The van der Waals surface area contributed by atoms with Gasteiger partial charge in [0, 0.05) is 20.0 Å². The van der Waals surface area contributed by atoms with Gasteiger partial charge < -0.3 is 14.8 Å². The average Bonchev–Trinajstić information content (AvgIpc) is 2.96. The van der Waals surface area contributed by atoms with Gasteiger partial charge in [-0.2, -0.15) is 0 Å². The van der Waals surface area contributed by atoms with Gasteiger partial charge in [-0.15, -0.1) is 10.2 Å². The van der Waals surface area contributed by atoms with Crippen molar-refractivity contribution in [2.75, 3.05) is 13.1 Å².